The topological polar surface area (TPSA) is 105 Å². The summed E-state index contributed by atoms with van der Waals surface area (Å²) in [5, 5.41) is 29.7. The van der Waals surface area contributed by atoms with E-state index in [1.807, 2.05) is 94.6 Å². The highest BCUT2D eigenvalue weighted by molar-refractivity contribution is 8.02. The molecule has 0 unspecified atom stereocenters. The fourth-order valence-corrected chi connectivity index (χ4v) is 7.87. The Labute approximate surface area is 330 Å². The summed E-state index contributed by atoms with van der Waals surface area (Å²) in [5.74, 6) is 4.47. The molecule has 0 saturated carbocycles. The minimum atomic E-state index is 0.444. The molecule has 7 rings (SSSR count). The van der Waals surface area contributed by atoms with Crippen molar-refractivity contribution in [2.24, 2.45) is 10.2 Å². The fourth-order valence-electron chi connectivity index (χ4n) is 6.09. The molecule has 0 saturated heterocycles. The predicted molar refractivity (Wildman–Crippen MR) is 222 cm³/mol. The number of benzene rings is 4. The monoisotopic (exact) mass is 766 g/mol. The third kappa shape index (κ3) is 9.69. The first-order valence-corrected chi connectivity index (χ1v) is 20.2. The molecule has 0 N–H and O–H groups in total. The number of hydrogen-bond donors (Lipinski definition) is 0. The van der Waals surface area contributed by atoms with Crippen LogP contribution in [0.3, 0.4) is 0 Å². The molecule has 0 spiro atoms. The lowest BCUT2D eigenvalue weighted by Crippen LogP contribution is -2.10. The van der Waals surface area contributed by atoms with Gasteiger partial charge in [-0.25, -0.2) is 0 Å². The highest BCUT2D eigenvalue weighted by atomic mass is 32.2. The van der Waals surface area contributed by atoms with Crippen LogP contribution in [0.5, 0.6) is 11.5 Å². The summed E-state index contributed by atoms with van der Waals surface area (Å²) in [6.45, 7) is 8.84. The molecule has 278 valence electrons. The lowest BCUT2D eigenvalue weighted by molar-refractivity contribution is 0.245. The average molecular weight is 767 g/mol. The van der Waals surface area contributed by atoms with Crippen LogP contribution in [0.1, 0.15) is 51.5 Å². The van der Waals surface area contributed by atoms with Gasteiger partial charge in [0.05, 0.1) is 25.6 Å². The quantitative estimate of drug-likeness (QED) is 0.143. The smallest absolute Gasteiger partial charge is 0.212 e. The van der Waals surface area contributed by atoms with Gasteiger partial charge in [-0.2, -0.15) is 19.6 Å². The molecular weight excluding hydrogens is 725 g/mol. The summed E-state index contributed by atoms with van der Waals surface area (Å²) in [4.78, 5) is 0. The first-order valence-electron chi connectivity index (χ1n) is 18.2. The van der Waals surface area contributed by atoms with E-state index in [0.29, 0.717) is 55.6 Å². The molecule has 12 heteroatoms. The van der Waals surface area contributed by atoms with Gasteiger partial charge in [0.1, 0.15) is 11.5 Å². The van der Waals surface area contributed by atoms with Gasteiger partial charge < -0.3 is 9.47 Å². The number of ether oxygens (including phenoxy) is 2. The maximum absolute atomic E-state index is 6.50. The van der Waals surface area contributed by atoms with E-state index >= 15 is 0 Å². The van der Waals surface area contributed by atoms with Gasteiger partial charge in [0.15, 0.2) is 11.6 Å². The van der Waals surface area contributed by atoms with Gasteiger partial charge in [-0.15, -0.1) is 33.6 Å². The number of allylic oxidation sites excluding steroid dienone is 2. The van der Waals surface area contributed by atoms with Crippen molar-refractivity contribution >= 4 is 36.0 Å². The maximum atomic E-state index is 6.50. The molecule has 0 radical (unpaired) electrons. The van der Waals surface area contributed by atoms with Crippen LogP contribution in [-0.4, -0.2) is 66.9 Å². The zero-order chi connectivity index (χ0) is 37.7. The van der Waals surface area contributed by atoms with E-state index in [4.69, 9.17) is 19.7 Å². The Bertz CT molecular complexity index is 2110. The highest BCUT2D eigenvalue weighted by Gasteiger charge is 2.17. The summed E-state index contributed by atoms with van der Waals surface area (Å²) in [6.07, 6.45) is 10.6. The first kappa shape index (κ1) is 37.6. The van der Waals surface area contributed by atoms with Crippen LogP contribution in [0.4, 0.5) is 0 Å². The minimum absolute atomic E-state index is 0.444. The first-order chi connectivity index (χ1) is 27.2. The molecule has 1 aliphatic heterocycles. The van der Waals surface area contributed by atoms with Crippen LogP contribution in [0.25, 0.3) is 0 Å². The van der Waals surface area contributed by atoms with Gasteiger partial charge in [-0.05, 0) is 47.2 Å². The lowest BCUT2D eigenvalue weighted by Gasteiger charge is -2.16. The van der Waals surface area contributed by atoms with E-state index in [0.717, 1.165) is 68.0 Å². The van der Waals surface area contributed by atoms with Gasteiger partial charge in [0, 0.05) is 41.9 Å². The Morgan fingerprint density at radius 3 is 1.45 bits per heavy atom. The van der Waals surface area contributed by atoms with Crippen molar-refractivity contribution in [3.63, 3.8) is 0 Å². The third-order valence-corrected chi connectivity index (χ3v) is 10.8. The van der Waals surface area contributed by atoms with Gasteiger partial charge >= 0.3 is 0 Å². The number of hydrogen-bond acceptors (Lipinski definition) is 10. The molecule has 4 aromatic carbocycles. The van der Waals surface area contributed by atoms with Crippen LogP contribution in [0.2, 0.25) is 0 Å². The molecular formula is C43H42N8O2S2. The predicted octanol–water partition coefficient (Wildman–Crippen LogP) is 8.32. The van der Waals surface area contributed by atoms with E-state index < -0.39 is 0 Å². The van der Waals surface area contributed by atoms with Gasteiger partial charge in [-0.3, -0.25) is 0 Å². The number of rotatable bonds is 8. The van der Waals surface area contributed by atoms with Crippen molar-refractivity contribution in [2.75, 3.05) is 24.7 Å². The van der Waals surface area contributed by atoms with Crippen molar-refractivity contribution < 1.29 is 9.47 Å². The van der Waals surface area contributed by atoms with E-state index in [-0.39, 0.29) is 0 Å². The second-order valence-electron chi connectivity index (χ2n) is 12.6. The third-order valence-electron chi connectivity index (χ3n) is 8.70. The Morgan fingerprint density at radius 2 is 1.02 bits per heavy atom. The van der Waals surface area contributed by atoms with E-state index in [1.54, 1.807) is 23.5 Å². The number of aromatic nitrogens is 6. The normalized spacial score (nSPS) is 14.7. The zero-order valence-corrected chi connectivity index (χ0v) is 32.2. The fraction of sp³-hybridized carbons (Fsp3) is 0.209. The van der Waals surface area contributed by atoms with Crippen molar-refractivity contribution in [1.82, 2.24) is 29.7 Å². The second-order valence-corrected chi connectivity index (χ2v) is 14.8. The molecule has 3 heterocycles. The Hall–Kier alpha value is -5.72. The molecule has 0 aliphatic carbocycles. The summed E-state index contributed by atoms with van der Waals surface area (Å²) in [5.41, 5.74) is 6.04. The van der Waals surface area contributed by atoms with E-state index in [2.05, 4.69) is 70.0 Å². The molecule has 2 aromatic heterocycles. The number of para-hydroxylation sites is 2. The highest BCUT2D eigenvalue weighted by Crippen LogP contribution is 2.28. The molecule has 0 fully saturated rings. The molecule has 55 heavy (non-hydrogen) atoms. The van der Waals surface area contributed by atoms with Gasteiger partial charge in [-0.1, -0.05) is 121 Å². The summed E-state index contributed by atoms with van der Waals surface area (Å²) < 4.78 is 16.7. The summed E-state index contributed by atoms with van der Waals surface area (Å²) in [7, 11) is 0. The van der Waals surface area contributed by atoms with Crippen LogP contribution >= 0.6 is 23.5 Å². The lowest BCUT2D eigenvalue weighted by atomic mass is 10.1. The number of thioether (sulfide) groups is 2. The van der Waals surface area contributed by atoms with Crippen LogP contribution in [0, 0.1) is 0 Å². The van der Waals surface area contributed by atoms with Crippen LogP contribution in [-0.2, 0) is 25.7 Å². The molecule has 0 amide bonds. The van der Waals surface area contributed by atoms with Crippen molar-refractivity contribution in [3.05, 3.63) is 167 Å². The Balaban J connectivity index is 1.24. The maximum Gasteiger partial charge on any atom is 0.212 e. The van der Waals surface area contributed by atoms with Crippen molar-refractivity contribution in [1.29, 1.82) is 0 Å². The van der Waals surface area contributed by atoms with Crippen LogP contribution < -0.4 is 9.47 Å². The Morgan fingerprint density at radius 1 is 0.564 bits per heavy atom. The number of fused-ring (bicyclic) bond motifs is 4. The molecule has 6 aromatic rings. The molecule has 0 bridgehead atoms. The van der Waals surface area contributed by atoms with Gasteiger partial charge in [0.2, 0.25) is 10.3 Å². The molecule has 1 aliphatic rings. The van der Waals surface area contributed by atoms with Crippen molar-refractivity contribution in [2.45, 2.75) is 42.4 Å². The summed E-state index contributed by atoms with van der Waals surface area (Å²) >= 11 is 3.19. The summed E-state index contributed by atoms with van der Waals surface area (Å²) in [6, 6.07) is 32.7. The SMILES string of the molecule is C=CCc1cccc2c1OCCCOc1c(cccc1CC=C)/C=N\n1c(Cc3ccccc3)nnc1SCCSc1nnc(Cc3ccccc3)n1/N=C\2. The second kappa shape index (κ2) is 19.0. The molecule has 10 nitrogen and oxygen atoms in total. The Kier molecular flexibility index (Phi) is 13.0. The number of nitrogens with zero attached hydrogens (tertiary/aromatic N) is 8. The van der Waals surface area contributed by atoms with E-state index in [1.165, 1.54) is 0 Å². The largest absolute Gasteiger partial charge is 0.492 e. The van der Waals surface area contributed by atoms with Crippen molar-refractivity contribution in [3.8, 4) is 11.5 Å². The van der Waals surface area contributed by atoms with Gasteiger partial charge in [0.25, 0.3) is 0 Å². The standard InChI is InChI=1S/C43H42N8O2S2/c1-3-14-34-20-11-22-36-30-44-50-38(28-32-16-7-5-8-17-32)46-48-42(50)54-26-27-55-43-49-47-39(29-33-18-9-6-10-19-33)51(43)45-31-37-23-12-21-35(15-4-2)41(37)53-25-13-24-52-40(34)36/h3-12,16-23,30-31H,1-2,13-15,24-29H2/b44-30-,45-31-. The zero-order valence-electron chi connectivity index (χ0n) is 30.5. The minimum Gasteiger partial charge on any atom is -0.492 e. The average Bonchev–Trinajstić information content (AvgIpc) is 3.78. The van der Waals surface area contributed by atoms with E-state index in [9.17, 15) is 0 Å². The molecule has 0 atom stereocenters. The van der Waals surface area contributed by atoms with Crippen LogP contribution in [0.15, 0.2) is 143 Å².